The van der Waals surface area contributed by atoms with Gasteiger partial charge in [-0.25, -0.2) is 0 Å². The van der Waals surface area contributed by atoms with Crippen molar-refractivity contribution < 1.29 is 19.0 Å². The Bertz CT molecular complexity index is 1450. The fraction of sp³-hybridized carbons (Fsp3) is 0.267. The molecule has 4 aromatic rings. The molecular formula is C30H31N3O4. The van der Waals surface area contributed by atoms with Crippen LogP contribution in [-0.4, -0.2) is 31.7 Å². The number of nitrogens with one attached hydrogen (secondary N) is 2. The first kappa shape index (κ1) is 24.4. The second-order valence-corrected chi connectivity index (χ2v) is 9.20. The lowest BCUT2D eigenvalue weighted by Crippen LogP contribution is -2.20. The minimum atomic E-state index is -0.221. The third-order valence-electron chi connectivity index (χ3n) is 6.56. The Kier molecular flexibility index (Phi) is 7.12. The van der Waals surface area contributed by atoms with Crippen LogP contribution >= 0.6 is 0 Å². The molecule has 2 N–H and O–H groups in total. The molecule has 1 heterocycles. The molecule has 1 aliphatic rings. The number of fused-ring (bicyclic) bond motifs is 2. The lowest BCUT2D eigenvalue weighted by molar-refractivity contribution is -0.118. The zero-order chi connectivity index (χ0) is 25.8. The van der Waals surface area contributed by atoms with E-state index in [2.05, 4.69) is 10.6 Å². The molecule has 0 radical (unpaired) electrons. The summed E-state index contributed by atoms with van der Waals surface area (Å²) in [6, 6.07) is 19.3. The highest BCUT2D eigenvalue weighted by Crippen LogP contribution is 2.38. The molecule has 0 saturated carbocycles. The molecule has 0 bridgehead atoms. The first-order valence-electron chi connectivity index (χ1n) is 12.5. The summed E-state index contributed by atoms with van der Waals surface area (Å²) in [7, 11) is 3.25. The summed E-state index contributed by atoms with van der Waals surface area (Å²) in [5.41, 5.74) is 6.91. The number of aromatic nitrogens is 1. The van der Waals surface area contributed by atoms with Crippen LogP contribution in [0.5, 0.6) is 17.2 Å². The van der Waals surface area contributed by atoms with Gasteiger partial charge in [-0.05, 0) is 86.2 Å². The Morgan fingerprint density at radius 3 is 2.54 bits per heavy atom. The number of amides is 1. The average molecular weight is 498 g/mol. The van der Waals surface area contributed by atoms with Crippen LogP contribution in [0.25, 0.3) is 10.9 Å². The van der Waals surface area contributed by atoms with Gasteiger partial charge in [0, 0.05) is 28.5 Å². The third kappa shape index (κ3) is 5.45. The summed E-state index contributed by atoms with van der Waals surface area (Å²) in [6.45, 7) is 1.92. The lowest BCUT2D eigenvalue weighted by atomic mass is 9.92. The number of carbonyl (C=O) groups is 1. The maximum Gasteiger partial charge on any atom is 0.262 e. The number of ether oxygens (including phenoxy) is 3. The van der Waals surface area contributed by atoms with Gasteiger partial charge >= 0.3 is 0 Å². The topological polar surface area (TPSA) is 81.7 Å². The summed E-state index contributed by atoms with van der Waals surface area (Å²) < 4.78 is 16.6. The second-order valence-electron chi connectivity index (χ2n) is 9.20. The number of hydrogen-bond acceptors (Lipinski definition) is 6. The molecule has 3 aromatic carbocycles. The van der Waals surface area contributed by atoms with Crippen LogP contribution in [-0.2, 0) is 17.6 Å². The highest BCUT2D eigenvalue weighted by atomic mass is 16.5. The predicted molar refractivity (Wildman–Crippen MR) is 147 cm³/mol. The van der Waals surface area contributed by atoms with E-state index in [4.69, 9.17) is 19.2 Å². The van der Waals surface area contributed by atoms with Crippen LogP contribution in [0.1, 0.15) is 29.7 Å². The van der Waals surface area contributed by atoms with Crippen molar-refractivity contribution in [3.8, 4) is 17.2 Å². The number of aryl methyl sites for hydroxylation is 2. The molecule has 5 rings (SSSR count). The summed E-state index contributed by atoms with van der Waals surface area (Å²) in [6.07, 6.45) is 4.17. The summed E-state index contributed by atoms with van der Waals surface area (Å²) in [4.78, 5) is 17.6. The number of benzene rings is 3. The summed E-state index contributed by atoms with van der Waals surface area (Å²) in [5.74, 6) is 1.78. The highest BCUT2D eigenvalue weighted by molar-refractivity contribution is 6.00. The van der Waals surface area contributed by atoms with Gasteiger partial charge in [0.25, 0.3) is 5.91 Å². The largest absolute Gasteiger partial charge is 0.493 e. The van der Waals surface area contributed by atoms with E-state index in [9.17, 15) is 4.79 Å². The Labute approximate surface area is 216 Å². The maximum atomic E-state index is 12.7. The van der Waals surface area contributed by atoms with Crippen molar-refractivity contribution in [3.63, 3.8) is 0 Å². The molecule has 0 spiro atoms. The van der Waals surface area contributed by atoms with Gasteiger partial charge in [-0.15, -0.1) is 0 Å². The Hall–Kier alpha value is -4.26. The standard InChI is InChI=1S/C30H31N3O4/c1-19-7-6-8-22(15-19)37-18-29(34)31-20-11-13-26-24(16-20)30(23-9-4-5-10-25(23)33-26)32-21-12-14-27(35-2)28(17-21)36-3/h6-8,11-17H,4-5,9-10,18H2,1-3H3,(H,31,34)(H,32,33). The van der Waals surface area contributed by atoms with E-state index in [1.165, 1.54) is 5.56 Å². The summed E-state index contributed by atoms with van der Waals surface area (Å²) in [5, 5.41) is 7.54. The molecule has 7 heteroatoms. The van der Waals surface area contributed by atoms with E-state index in [0.717, 1.165) is 59.2 Å². The van der Waals surface area contributed by atoms with Gasteiger partial charge in [0.05, 0.1) is 25.4 Å². The van der Waals surface area contributed by atoms with Crippen molar-refractivity contribution in [2.75, 3.05) is 31.5 Å². The van der Waals surface area contributed by atoms with Crippen molar-refractivity contribution in [3.05, 3.63) is 77.5 Å². The predicted octanol–water partition coefficient (Wildman–Crippen LogP) is 6.20. The molecule has 0 saturated heterocycles. The summed E-state index contributed by atoms with van der Waals surface area (Å²) >= 11 is 0. The molecule has 37 heavy (non-hydrogen) atoms. The van der Waals surface area contributed by atoms with E-state index < -0.39 is 0 Å². The van der Waals surface area contributed by atoms with Crippen LogP contribution in [0.4, 0.5) is 17.1 Å². The lowest BCUT2D eigenvalue weighted by Gasteiger charge is -2.22. The Morgan fingerprint density at radius 1 is 0.919 bits per heavy atom. The van der Waals surface area contributed by atoms with Gasteiger partial charge in [-0.3, -0.25) is 9.78 Å². The van der Waals surface area contributed by atoms with E-state index in [-0.39, 0.29) is 12.5 Å². The number of carbonyl (C=O) groups excluding carboxylic acids is 1. The molecular weight excluding hydrogens is 466 g/mol. The Morgan fingerprint density at radius 2 is 1.73 bits per heavy atom. The van der Waals surface area contributed by atoms with Crippen LogP contribution in [0.15, 0.2) is 60.7 Å². The molecule has 7 nitrogen and oxygen atoms in total. The van der Waals surface area contributed by atoms with Gasteiger partial charge in [0.15, 0.2) is 18.1 Å². The zero-order valence-corrected chi connectivity index (χ0v) is 21.4. The van der Waals surface area contributed by atoms with Crippen molar-refractivity contribution >= 4 is 33.9 Å². The van der Waals surface area contributed by atoms with Crippen LogP contribution in [0, 0.1) is 6.92 Å². The van der Waals surface area contributed by atoms with Crippen molar-refractivity contribution in [2.45, 2.75) is 32.6 Å². The number of anilines is 3. The van der Waals surface area contributed by atoms with E-state index in [1.54, 1.807) is 14.2 Å². The molecule has 0 aliphatic heterocycles. The van der Waals surface area contributed by atoms with Crippen LogP contribution in [0.3, 0.4) is 0 Å². The van der Waals surface area contributed by atoms with Crippen LogP contribution in [0.2, 0.25) is 0 Å². The maximum absolute atomic E-state index is 12.7. The third-order valence-corrected chi connectivity index (χ3v) is 6.56. The minimum Gasteiger partial charge on any atom is -0.493 e. The van der Waals surface area contributed by atoms with Gasteiger partial charge in [-0.1, -0.05) is 12.1 Å². The SMILES string of the molecule is COc1ccc(Nc2c3c(nc4ccc(NC(=O)COc5cccc(C)c5)cc24)CCCC3)cc1OC. The van der Waals surface area contributed by atoms with Gasteiger partial charge in [0.2, 0.25) is 0 Å². The first-order chi connectivity index (χ1) is 18.0. The number of methoxy groups -OCH3 is 2. The van der Waals surface area contributed by atoms with Gasteiger partial charge < -0.3 is 24.8 Å². The van der Waals surface area contributed by atoms with Crippen molar-refractivity contribution in [1.29, 1.82) is 0 Å². The number of hydrogen-bond donors (Lipinski definition) is 2. The monoisotopic (exact) mass is 497 g/mol. The highest BCUT2D eigenvalue weighted by Gasteiger charge is 2.19. The first-order valence-corrected chi connectivity index (χ1v) is 12.5. The molecule has 0 fully saturated rings. The van der Waals surface area contributed by atoms with E-state index in [1.807, 2.05) is 67.6 Å². The smallest absolute Gasteiger partial charge is 0.262 e. The average Bonchev–Trinajstić information content (AvgIpc) is 2.92. The minimum absolute atomic E-state index is 0.0688. The van der Waals surface area contributed by atoms with Crippen molar-refractivity contribution in [2.24, 2.45) is 0 Å². The number of nitrogens with zero attached hydrogens (tertiary/aromatic N) is 1. The van der Waals surface area contributed by atoms with E-state index >= 15 is 0 Å². The van der Waals surface area contributed by atoms with Crippen LogP contribution < -0.4 is 24.8 Å². The molecule has 1 amide bonds. The van der Waals surface area contributed by atoms with Gasteiger partial charge in [-0.2, -0.15) is 0 Å². The normalized spacial score (nSPS) is 12.5. The number of pyridine rings is 1. The van der Waals surface area contributed by atoms with Gasteiger partial charge in [0.1, 0.15) is 5.75 Å². The molecule has 1 aliphatic carbocycles. The fourth-order valence-corrected chi connectivity index (χ4v) is 4.75. The molecule has 0 atom stereocenters. The molecule has 190 valence electrons. The van der Waals surface area contributed by atoms with E-state index in [0.29, 0.717) is 22.9 Å². The molecule has 0 unspecified atom stereocenters. The second kappa shape index (κ2) is 10.8. The molecule has 1 aromatic heterocycles. The Balaban J connectivity index is 1.44. The zero-order valence-electron chi connectivity index (χ0n) is 21.4. The number of rotatable bonds is 8. The fourth-order valence-electron chi connectivity index (χ4n) is 4.75. The quantitative estimate of drug-likeness (QED) is 0.302. The van der Waals surface area contributed by atoms with Crippen molar-refractivity contribution in [1.82, 2.24) is 4.98 Å².